The molecule has 0 saturated heterocycles. The Hall–Kier alpha value is -0.620. The van der Waals surface area contributed by atoms with Gasteiger partial charge in [0.25, 0.3) is 0 Å². The summed E-state index contributed by atoms with van der Waals surface area (Å²) in [6, 6.07) is 0. The van der Waals surface area contributed by atoms with Crippen molar-refractivity contribution in [1.29, 1.82) is 5.41 Å². The Morgan fingerprint density at radius 3 is 2.78 bits per heavy atom. The van der Waals surface area contributed by atoms with Gasteiger partial charge in [0.2, 0.25) is 6.08 Å². The number of hydrogen-bond donors (Lipinski definition) is 1. The van der Waals surface area contributed by atoms with Crippen LogP contribution in [0.2, 0.25) is 0 Å². The van der Waals surface area contributed by atoms with Crippen molar-refractivity contribution in [1.82, 2.24) is 0 Å². The Kier molecular flexibility index (Phi) is 7.49. The first-order valence-electron chi connectivity index (χ1n) is 4.26. The Balaban J connectivity index is 0. The molecular weight excluding hydrogens is 114 g/mol. The maximum atomic E-state index is 8.35. The van der Waals surface area contributed by atoms with E-state index in [4.69, 9.17) is 12.9 Å². The van der Waals surface area contributed by atoms with Crippen LogP contribution in [0.25, 0.3) is 0 Å². The van der Waals surface area contributed by atoms with E-state index in [9.17, 15) is 0 Å². The topological polar surface area (TPSA) is 40.9 Å². The summed E-state index contributed by atoms with van der Waals surface area (Å²) in [4.78, 5) is 8.35. The van der Waals surface area contributed by atoms with Crippen molar-refractivity contribution in [3.8, 4) is 0 Å². The van der Waals surface area contributed by atoms with E-state index in [-0.39, 0.29) is 0 Å². The van der Waals surface area contributed by atoms with E-state index >= 15 is 0 Å². The Morgan fingerprint density at radius 1 is 1.89 bits per heavy atom. The van der Waals surface area contributed by atoms with Gasteiger partial charge in [-0.2, -0.15) is 0 Å². The zero-order chi connectivity index (χ0) is 9.11. The molecule has 0 radical (unpaired) electrons. The summed E-state index contributed by atoms with van der Waals surface area (Å²) >= 11 is 0. The molecule has 2 heteroatoms. The van der Waals surface area contributed by atoms with Crippen LogP contribution in [0, 0.1) is 11.3 Å². The third-order valence-corrected chi connectivity index (χ3v) is 0.697. The van der Waals surface area contributed by atoms with Gasteiger partial charge in [-0.05, 0) is 5.92 Å². The molecule has 0 rings (SSSR count). The molecule has 0 heterocycles. The second-order valence-electron chi connectivity index (χ2n) is 1.85. The predicted molar refractivity (Wildman–Crippen MR) is 38.2 cm³/mol. The minimum absolute atomic E-state index is 0.500. The predicted octanol–water partition coefficient (Wildman–Crippen LogP) is 2.34. The normalized spacial score (nSPS) is 13.4. The van der Waals surface area contributed by atoms with Crippen molar-refractivity contribution in [3.05, 3.63) is 0 Å². The standard InChI is InChI=1S/C6H14.CHNO/c1-4-5-6(2)3;2-1-3/h6H,4-5H2,1-3H3;2H/i1D,2D;. The maximum Gasteiger partial charge on any atom is 0.231 e. The van der Waals surface area contributed by atoms with Crippen molar-refractivity contribution in [2.24, 2.45) is 5.92 Å². The fourth-order valence-electron chi connectivity index (χ4n) is 0.348. The molecule has 0 spiro atoms. The lowest BCUT2D eigenvalue weighted by Gasteiger charge is -1.95. The molecule has 0 aliphatic heterocycles. The van der Waals surface area contributed by atoms with Crippen LogP contribution in [0.3, 0.4) is 0 Å². The quantitative estimate of drug-likeness (QED) is 0.453. The molecule has 0 saturated carbocycles. The molecule has 0 aromatic carbocycles. The zero-order valence-electron chi connectivity index (χ0n) is 7.81. The molecule has 0 aliphatic rings. The van der Waals surface area contributed by atoms with E-state index in [0.717, 1.165) is 18.9 Å². The van der Waals surface area contributed by atoms with E-state index in [1.165, 1.54) is 0 Å². The van der Waals surface area contributed by atoms with Gasteiger partial charge in [0, 0.05) is 2.74 Å². The van der Waals surface area contributed by atoms with Crippen molar-refractivity contribution >= 4 is 6.08 Å². The molecule has 2 nitrogen and oxygen atoms in total. The van der Waals surface area contributed by atoms with Gasteiger partial charge in [-0.25, -0.2) is 10.2 Å². The van der Waals surface area contributed by atoms with Crippen LogP contribution in [-0.4, -0.2) is 6.08 Å². The molecule has 54 valence electrons. The third-order valence-electron chi connectivity index (χ3n) is 0.697. The minimum atomic E-state index is 0.500. The van der Waals surface area contributed by atoms with Gasteiger partial charge in [-0.1, -0.05) is 33.6 Å². The Morgan fingerprint density at radius 2 is 2.44 bits per heavy atom. The summed E-state index contributed by atoms with van der Waals surface area (Å²) in [7, 11) is 0. The summed E-state index contributed by atoms with van der Waals surface area (Å²) in [6.07, 6.45) is 2.76. The summed E-state index contributed by atoms with van der Waals surface area (Å²) in [5, 5.41) is 5.40. The van der Waals surface area contributed by atoms with E-state index in [1.807, 2.05) is 0 Å². The molecule has 1 atom stereocenters. The molecule has 9 heavy (non-hydrogen) atoms. The van der Waals surface area contributed by atoms with Gasteiger partial charge >= 0.3 is 0 Å². The van der Waals surface area contributed by atoms with Crippen molar-refractivity contribution in [3.63, 3.8) is 0 Å². The van der Waals surface area contributed by atoms with Gasteiger partial charge < -0.3 is 0 Å². The van der Waals surface area contributed by atoms with Gasteiger partial charge in [0.1, 0.15) is 0 Å². The summed E-state index contributed by atoms with van der Waals surface area (Å²) < 4.78 is 13.7. The SMILES string of the molecule is N=C=O.[2H]CCCC(C)C[2H]. The lowest BCUT2D eigenvalue weighted by atomic mass is 10.1. The van der Waals surface area contributed by atoms with Crippen LogP contribution in [0.5, 0.6) is 0 Å². The van der Waals surface area contributed by atoms with E-state index < -0.39 is 0 Å². The molecule has 0 aromatic heterocycles. The van der Waals surface area contributed by atoms with E-state index in [2.05, 4.69) is 6.92 Å². The molecule has 0 bridgehead atoms. The van der Waals surface area contributed by atoms with Gasteiger partial charge in [-0.15, -0.1) is 0 Å². The molecule has 0 aliphatic carbocycles. The van der Waals surface area contributed by atoms with Crippen LogP contribution < -0.4 is 0 Å². The fourth-order valence-corrected chi connectivity index (χ4v) is 0.348. The van der Waals surface area contributed by atoms with Crippen molar-refractivity contribution in [2.45, 2.75) is 33.6 Å². The van der Waals surface area contributed by atoms with Crippen LogP contribution >= 0.6 is 0 Å². The van der Waals surface area contributed by atoms with Gasteiger partial charge in [0.05, 0.1) is 0 Å². The highest BCUT2D eigenvalue weighted by atomic mass is 16.1. The molecule has 1 N–H and O–H groups in total. The van der Waals surface area contributed by atoms with E-state index in [1.54, 1.807) is 0 Å². The molecular formula is C7H15NO. The monoisotopic (exact) mass is 131 g/mol. The number of isocyanates is 1. The zero-order valence-corrected chi connectivity index (χ0v) is 5.81. The molecule has 0 aromatic rings. The third kappa shape index (κ3) is 37.7. The highest BCUT2D eigenvalue weighted by molar-refractivity contribution is 5.26. The minimum Gasteiger partial charge on any atom is -0.222 e. The molecule has 1 unspecified atom stereocenters. The lowest BCUT2D eigenvalue weighted by molar-refractivity contribution is 0.563. The van der Waals surface area contributed by atoms with Crippen LogP contribution in [0.15, 0.2) is 0 Å². The van der Waals surface area contributed by atoms with Crippen molar-refractivity contribution < 1.29 is 7.54 Å². The first kappa shape index (κ1) is 6.50. The lowest BCUT2D eigenvalue weighted by Crippen LogP contribution is -1.81. The maximum absolute atomic E-state index is 8.35. The van der Waals surface area contributed by atoms with Gasteiger partial charge in [0.15, 0.2) is 0 Å². The summed E-state index contributed by atoms with van der Waals surface area (Å²) in [6.45, 7) is 3.09. The molecule has 0 amide bonds. The first-order chi connectivity index (χ1) is 5.22. The van der Waals surface area contributed by atoms with Crippen LogP contribution in [-0.2, 0) is 4.79 Å². The second-order valence-corrected chi connectivity index (χ2v) is 1.85. The average Bonchev–Trinajstić information content (AvgIpc) is 2.02. The fraction of sp³-hybridized carbons (Fsp3) is 0.857. The van der Waals surface area contributed by atoms with Crippen LogP contribution in [0.4, 0.5) is 0 Å². The molecule has 0 fully saturated rings. The smallest absolute Gasteiger partial charge is 0.222 e. The number of carbonyl (C=O) groups excluding carboxylic acids is 1. The van der Waals surface area contributed by atoms with E-state index in [0.29, 0.717) is 19.7 Å². The summed E-state index contributed by atoms with van der Waals surface area (Å²) in [5.41, 5.74) is 0. The number of rotatable bonds is 2. The largest absolute Gasteiger partial charge is 0.231 e. The second kappa shape index (κ2) is 10.4. The van der Waals surface area contributed by atoms with Gasteiger partial charge in [-0.3, -0.25) is 0 Å². The first-order valence-corrected chi connectivity index (χ1v) is 2.85. The Bertz CT molecular complexity index is 103. The van der Waals surface area contributed by atoms with Crippen molar-refractivity contribution in [2.75, 3.05) is 0 Å². The average molecular weight is 131 g/mol. The number of nitrogens with one attached hydrogen (secondary N) is 1. The Labute approximate surface area is 59.6 Å². The highest BCUT2D eigenvalue weighted by Gasteiger charge is 1.85. The summed E-state index contributed by atoms with van der Waals surface area (Å²) in [5.74, 6) is 0.500. The highest BCUT2D eigenvalue weighted by Crippen LogP contribution is 2.00. The number of hydrogen-bond acceptors (Lipinski definition) is 2. The van der Waals surface area contributed by atoms with Crippen LogP contribution in [0.1, 0.15) is 36.3 Å².